The highest BCUT2D eigenvalue weighted by atomic mass is 32.1. The van der Waals surface area contributed by atoms with Crippen molar-refractivity contribution in [3.63, 3.8) is 0 Å². The van der Waals surface area contributed by atoms with Crippen LogP contribution in [0.2, 0.25) is 0 Å². The van der Waals surface area contributed by atoms with Gasteiger partial charge in [0.05, 0.1) is 5.56 Å². The molecule has 100 valence electrons. The van der Waals surface area contributed by atoms with Gasteiger partial charge in [-0.2, -0.15) is 5.10 Å². The number of rotatable bonds is 5. The van der Waals surface area contributed by atoms with Crippen LogP contribution < -0.4 is 5.32 Å². The fourth-order valence-electron chi connectivity index (χ4n) is 2.05. The van der Waals surface area contributed by atoms with E-state index >= 15 is 0 Å². The number of hydrogen-bond donors (Lipinski definition) is 3. The molecule has 2 aromatic heterocycles. The molecule has 1 fully saturated rings. The number of carbonyl (C=O) groups is 1. The van der Waals surface area contributed by atoms with Gasteiger partial charge in [-0.1, -0.05) is 0 Å². The molecule has 19 heavy (non-hydrogen) atoms. The van der Waals surface area contributed by atoms with Crippen molar-refractivity contribution in [2.24, 2.45) is 0 Å². The highest BCUT2D eigenvalue weighted by Crippen LogP contribution is 2.38. The molecule has 3 N–H and O–H groups in total. The van der Waals surface area contributed by atoms with Gasteiger partial charge in [-0.3, -0.25) is 9.89 Å². The van der Waals surface area contributed by atoms with E-state index in [2.05, 4.69) is 20.5 Å². The second kappa shape index (κ2) is 5.00. The molecule has 2 heterocycles. The molecule has 0 atom stereocenters. The van der Waals surface area contributed by atoms with E-state index < -0.39 is 0 Å². The molecule has 0 saturated heterocycles. The summed E-state index contributed by atoms with van der Waals surface area (Å²) in [6.07, 6.45) is 5.76. The van der Waals surface area contributed by atoms with Gasteiger partial charge in [0.15, 0.2) is 4.77 Å². The maximum atomic E-state index is 11.8. The van der Waals surface area contributed by atoms with Gasteiger partial charge in [0.2, 0.25) is 0 Å². The molecule has 0 unspecified atom stereocenters. The van der Waals surface area contributed by atoms with Crippen LogP contribution in [0.3, 0.4) is 0 Å². The lowest BCUT2D eigenvalue weighted by Crippen LogP contribution is -2.27. The van der Waals surface area contributed by atoms with E-state index in [4.69, 9.17) is 12.2 Å². The van der Waals surface area contributed by atoms with Gasteiger partial charge < -0.3 is 14.9 Å². The topological polar surface area (TPSA) is 78.5 Å². The average Bonchev–Trinajstić information content (AvgIpc) is 2.97. The maximum absolute atomic E-state index is 11.8. The van der Waals surface area contributed by atoms with Crippen molar-refractivity contribution in [2.75, 3.05) is 6.54 Å². The minimum absolute atomic E-state index is 0.0794. The Morgan fingerprint density at radius 3 is 3.11 bits per heavy atom. The summed E-state index contributed by atoms with van der Waals surface area (Å²) in [5, 5.41) is 9.95. The number of aromatic amines is 2. The molecule has 1 amide bonds. The first-order valence-corrected chi connectivity index (χ1v) is 6.72. The van der Waals surface area contributed by atoms with Gasteiger partial charge >= 0.3 is 0 Å². The standard InChI is InChI=1S/C12H15N5OS/c18-11(9-3-4-13-7-9)14-5-6-17-10(8-1-2-8)15-16-12(17)19/h3-4,7-8,13H,1-2,5-6H2,(H,14,18)(H,16,19). The predicted octanol–water partition coefficient (Wildman–Crippen LogP) is 1.58. The van der Waals surface area contributed by atoms with Crippen LogP contribution in [0.4, 0.5) is 0 Å². The molecule has 0 bridgehead atoms. The van der Waals surface area contributed by atoms with Crippen molar-refractivity contribution in [3.05, 3.63) is 34.6 Å². The third-order valence-electron chi connectivity index (χ3n) is 3.21. The summed E-state index contributed by atoms with van der Waals surface area (Å²) in [5.41, 5.74) is 0.637. The second-order valence-corrected chi connectivity index (χ2v) is 5.06. The van der Waals surface area contributed by atoms with Crippen molar-refractivity contribution in [3.8, 4) is 0 Å². The number of nitrogens with one attached hydrogen (secondary N) is 3. The second-order valence-electron chi connectivity index (χ2n) is 4.67. The zero-order valence-corrected chi connectivity index (χ0v) is 11.2. The Kier molecular flexibility index (Phi) is 3.20. The van der Waals surface area contributed by atoms with Gasteiger partial charge in [0, 0.05) is 31.4 Å². The summed E-state index contributed by atoms with van der Waals surface area (Å²) in [6, 6.07) is 1.74. The Morgan fingerprint density at radius 2 is 2.42 bits per heavy atom. The third kappa shape index (κ3) is 2.60. The van der Waals surface area contributed by atoms with Crippen molar-refractivity contribution in [1.29, 1.82) is 0 Å². The summed E-state index contributed by atoms with van der Waals surface area (Å²) in [5.74, 6) is 1.47. The van der Waals surface area contributed by atoms with Crippen LogP contribution in [0.1, 0.15) is 34.9 Å². The Labute approximate surface area is 115 Å². The first kappa shape index (κ1) is 12.2. The molecule has 1 saturated carbocycles. The first-order valence-electron chi connectivity index (χ1n) is 6.32. The van der Waals surface area contributed by atoms with E-state index in [9.17, 15) is 4.79 Å². The lowest BCUT2D eigenvalue weighted by atomic mass is 10.3. The van der Waals surface area contributed by atoms with E-state index in [-0.39, 0.29) is 5.91 Å². The van der Waals surface area contributed by atoms with E-state index in [0.29, 0.717) is 29.3 Å². The molecule has 0 aromatic carbocycles. The van der Waals surface area contributed by atoms with Gasteiger partial charge in [0.25, 0.3) is 5.91 Å². The molecule has 3 rings (SSSR count). The summed E-state index contributed by atoms with van der Waals surface area (Å²) >= 11 is 5.21. The molecule has 1 aliphatic rings. The van der Waals surface area contributed by atoms with Crippen molar-refractivity contribution in [2.45, 2.75) is 25.3 Å². The lowest BCUT2D eigenvalue weighted by molar-refractivity contribution is 0.0952. The van der Waals surface area contributed by atoms with E-state index in [1.807, 2.05) is 4.57 Å². The molecule has 0 radical (unpaired) electrons. The highest BCUT2D eigenvalue weighted by Gasteiger charge is 2.28. The van der Waals surface area contributed by atoms with Crippen LogP contribution in [0.5, 0.6) is 0 Å². The molecular formula is C12H15N5OS. The van der Waals surface area contributed by atoms with Crippen LogP contribution >= 0.6 is 12.2 Å². The number of amides is 1. The number of aromatic nitrogens is 4. The van der Waals surface area contributed by atoms with E-state index in [1.165, 1.54) is 12.8 Å². The minimum Gasteiger partial charge on any atom is -0.367 e. The van der Waals surface area contributed by atoms with Gasteiger partial charge in [0.1, 0.15) is 5.82 Å². The van der Waals surface area contributed by atoms with Crippen LogP contribution in [0.25, 0.3) is 0 Å². The Bertz CT molecular complexity index is 623. The van der Waals surface area contributed by atoms with Crippen molar-refractivity contribution in [1.82, 2.24) is 25.1 Å². The lowest BCUT2D eigenvalue weighted by Gasteiger charge is -2.07. The fraction of sp³-hybridized carbons (Fsp3) is 0.417. The molecule has 6 nitrogen and oxygen atoms in total. The first-order chi connectivity index (χ1) is 9.25. The smallest absolute Gasteiger partial charge is 0.252 e. The van der Waals surface area contributed by atoms with Crippen LogP contribution in [-0.2, 0) is 6.54 Å². The molecular weight excluding hydrogens is 262 g/mol. The van der Waals surface area contributed by atoms with E-state index in [1.54, 1.807) is 18.5 Å². The minimum atomic E-state index is -0.0794. The molecule has 0 spiro atoms. The zero-order valence-electron chi connectivity index (χ0n) is 10.3. The predicted molar refractivity (Wildman–Crippen MR) is 72.5 cm³/mol. The van der Waals surface area contributed by atoms with Crippen molar-refractivity contribution < 1.29 is 4.79 Å². The Hall–Kier alpha value is -1.89. The summed E-state index contributed by atoms with van der Waals surface area (Å²) in [7, 11) is 0. The SMILES string of the molecule is O=C(NCCn1c(C2CC2)n[nH]c1=S)c1cc[nH]c1. The molecule has 1 aliphatic carbocycles. The monoisotopic (exact) mass is 277 g/mol. The van der Waals surface area contributed by atoms with Crippen LogP contribution in [-0.4, -0.2) is 32.2 Å². The van der Waals surface area contributed by atoms with Gasteiger partial charge in [-0.25, -0.2) is 0 Å². The molecule has 0 aliphatic heterocycles. The molecule has 2 aromatic rings. The van der Waals surface area contributed by atoms with Crippen LogP contribution in [0, 0.1) is 4.77 Å². The summed E-state index contributed by atoms with van der Waals surface area (Å²) < 4.78 is 2.60. The number of H-pyrrole nitrogens is 2. The number of carbonyl (C=O) groups excluding carboxylic acids is 1. The normalized spacial score (nSPS) is 14.5. The summed E-state index contributed by atoms with van der Waals surface area (Å²) in [6.45, 7) is 1.19. The van der Waals surface area contributed by atoms with Crippen molar-refractivity contribution >= 4 is 18.1 Å². The molecule has 7 heteroatoms. The van der Waals surface area contributed by atoms with Crippen LogP contribution in [0.15, 0.2) is 18.5 Å². The van der Waals surface area contributed by atoms with Gasteiger partial charge in [-0.15, -0.1) is 0 Å². The fourth-order valence-corrected chi connectivity index (χ4v) is 2.28. The largest absolute Gasteiger partial charge is 0.367 e. The Morgan fingerprint density at radius 1 is 1.58 bits per heavy atom. The number of hydrogen-bond acceptors (Lipinski definition) is 3. The summed E-state index contributed by atoms with van der Waals surface area (Å²) in [4.78, 5) is 14.6. The van der Waals surface area contributed by atoms with E-state index in [0.717, 1.165) is 5.82 Å². The highest BCUT2D eigenvalue weighted by molar-refractivity contribution is 7.71. The van der Waals surface area contributed by atoms with Gasteiger partial charge in [-0.05, 0) is 31.1 Å². The Balaban J connectivity index is 1.59. The average molecular weight is 277 g/mol. The zero-order chi connectivity index (χ0) is 13.2. The maximum Gasteiger partial charge on any atom is 0.252 e. The third-order valence-corrected chi connectivity index (χ3v) is 3.52. The number of nitrogens with zero attached hydrogens (tertiary/aromatic N) is 2. The quantitative estimate of drug-likeness (QED) is 0.726.